The van der Waals surface area contributed by atoms with Gasteiger partial charge in [0.2, 0.25) is 29.5 Å². The Morgan fingerprint density at radius 3 is 1.85 bits per heavy atom. The number of rotatable bonds is 28. The summed E-state index contributed by atoms with van der Waals surface area (Å²) in [4.78, 5) is 137. The number of benzene rings is 2. The van der Waals surface area contributed by atoms with Crippen LogP contribution in [-0.2, 0) is 41.7 Å². The summed E-state index contributed by atoms with van der Waals surface area (Å²) < 4.78 is 0. The van der Waals surface area contributed by atoms with E-state index < -0.39 is 110 Å². The number of nitrogens with zero attached hydrogens (tertiary/aromatic N) is 4. The van der Waals surface area contributed by atoms with Gasteiger partial charge >= 0.3 is 24.1 Å². The molecule has 0 spiro atoms. The number of aromatic amines is 1. The number of aromatic hydroxyl groups is 1. The molecule has 0 radical (unpaired) electrons. The Balaban J connectivity index is 1.98. The Labute approximate surface area is 462 Å². The van der Waals surface area contributed by atoms with E-state index in [0.29, 0.717) is 29.8 Å². The fraction of sp³-hybridized carbons (Fsp3) is 0.520. The number of primary amides is 1. The number of para-hydroxylation sites is 1. The van der Waals surface area contributed by atoms with Gasteiger partial charge in [0.15, 0.2) is 0 Å². The van der Waals surface area contributed by atoms with Gasteiger partial charge in [-0.05, 0) is 107 Å². The first-order valence-electron chi connectivity index (χ1n) is 26.0. The highest BCUT2D eigenvalue weighted by molar-refractivity contribution is 5.95. The van der Waals surface area contributed by atoms with Gasteiger partial charge in [0.05, 0.1) is 32.3 Å². The van der Waals surface area contributed by atoms with Gasteiger partial charge in [-0.1, -0.05) is 44.2 Å². The number of amides is 14. The smallest absolute Gasteiger partial charge is 0.355 e. The fourth-order valence-corrected chi connectivity index (χ4v) is 7.63. The van der Waals surface area contributed by atoms with Crippen molar-refractivity contribution < 1.29 is 63.3 Å². The number of nitrogens with two attached hydrogens (primary N) is 3. The molecule has 0 aliphatic carbocycles. The first-order chi connectivity index (χ1) is 38.0. The van der Waals surface area contributed by atoms with Crippen molar-refractivity contribution in [1.29, 1.82) is 0 Å². The Morgan fingerprint density at radius 1 is 0.637 bits per heavy atom. The SMILES string of the molecule is CC(=O)NN(C[C@H](C)O)C(=O)NN(CCCCN)C(=O)N[C@@H](CO)C(=O)NN(Cc1ccc(O)cc1)C(=O)NN(CCc1c[nH]c2ccccc12)C(=O)N[C@@H](CCCCN)C(=O)N[C@@H](C)C(=O)N[C@@H](CC(C)C)C(=O)NCC(N)=O. The van der Waals surface area contributed by atoms with Crippen molar-refractivity contribution in [3.05, 3.63) is 65.9 Å². The predicted molar refractivity (Wildman–Crippen MR) is 291 cm³/mol. The van der Waals surface area contributed by atoms with Crippen molar-refractivity contribution in [2.45, 2.75) is 116 Å². The Morgan fingerprint density at radius 2 is 1.25 bits per heavy atom. The maximum Gasteiger partial charge on any atom is 0.355 e. The molecule has 1 heterocycles. The van der Waals surface area contributed by atoms with Gasteiger partial charge in [0, 0.05) is 37.1 Å². The molecule has 0 bridgehead atoms. The summed E-state index contributed by atoms with van der Waals surface area (Å²) in [5.74, 6) is -5.11. The molecule has 0 fully saturated rings. The Kier molecular flexibility index (Phi) is 27.7. The normalized spacial score (nSPS) is 12.8. The highest BCUT2D eigenvalue weighted by Crippen LogP contribution is 2.19. The molecule has 0 saturated carbocycles. The number of phenols is 1. The summed E-state index contributed by atoms with van der Waals surface area (Å²) in [6.45, 7) is 5.08. The van der Waals surface area contributed by atoms with Gasteiger partial charge < -0.3 is 64.1 Å². The summed E-state index contributed by atoms with van der Waals surface area (Å²) in [7, 11) is 0. The Hall–Kier alpha value is -8.48. The number of fused-ring (bicyclic) bond motifs is 1. The number of carbonyl (C=O) groups excluding carboxylic acids is 10. The van der Waals surface area contributed by atoms with Crippen LogP contribution in [0.15, 0.2) is 54.7 Å². The van der Waals surface area contributed by atoms with Crippen LogP contribution in [0.3, 0.4) is 0 Å². The number of aliphatic hydroxyl groups is 2. The van der Waals surface area contributed by atoms with Gasteiger partial charge in [0.1, 0.15) is 29.9 Å². The van der Waals surface area contributed by atoms with Gasteiger partial charge in [-0.25, -0.2) is 50.1 Å². The first kappa shape index (κ1) is 65.8. The molecule has 19 N–H and O–H groups in total. The fourth-order valence-electron chi connectivity index (χ4n) is 7.63. The van der Waals surface area contributed by atoms with Crippen LogP contribution in [0.4, 0.5) is 19.2 Å². The van der Waals surface area contributed by atoms with Crippen LogP contribution in [0, 0.1) is 5.92 Å². The van der Waals surface area contributed by atoms with Crippen LogP contribution in [-0.4, -0.2) is 176 Å². The molecule has 0 unspecified atom stereocenters. The lowest BCUT2D eigenvalue weighted by molar-refractivity contribution is -0.133. The number of unbranched alkanes of at least 4 members (excludes halogenated alkanes) is 2. The van der Waals surface area contributed by atoms with Crippen LogP contribution in [0.5, 0.6) is 5.75 Å². The minimum atomic E-state index is -1.82. The number of hydrogen-bond donors (Lipinski definition) is 16. The molecule has 5 atom stereocenters. The highest BCUT2D eigenvalue weighted by atomic mass is 16.3. The van der Waals surface area contributed by atoms with E-state index in [0.717, 1.165) is 38.4 Å². The van der Waals surface area contributed by atoms with E-state index in [1.807, 2.05) is 38.1 Å². The number of urea groups is 4. The van der Waals surface area contributed by atoms with Crippen molar-refractivity contribution in [3.63, 3.8) is 0 Å². The van der Waals surface area contributed by atoms with Crippen LogP contribution < -0.4 is 65.5 Å². The molecule has 2 aromatic carbocycles. The predicted octanol–water partition coefficient (Wildman–Crippen LogP) is -1.81. The van der Waals surface area contributed by atoms with Crippen molar-refractivity contribution in [2.75, 3.05) is 45.9 Å². The molecular formula is C50H79N17O13. The third-order valence-corrected chi connectivity index (χ3v) is 11.7. The minimum Gasteiger partial charge on any atom is -0.508 e. The third-order valence-electron chi connectivity index (χ3n) is 11.7. The zero-order valence-electron chi connectivity index (χ0n) is 45.7. The van der Waals surface area contributed by atoms with E-state index in [2.05, 4.69) is 53.3 Å². The molecule has 0 aliphatic heterocycles. The van der Waals surface area contributed by atoms with Crippen LogP contribution in [0.25, 0.3) is 10.9 Å². The highest BCUT2D eigenvalue weighted by Gasteiger charge is 2.32. The summed E-state index contributed by atoms with van der Waals surface area (Å²) in [5, 5.41) is 46.7. The molecule has 0 aliphatic rings. The van der Waals surface area contributed by atoms with Crippen molar-refractivity contribution in [3.8, 4) is 5.75 Å². The molecule has 3 rings (SSSR count). The van der Waals surface area contributed by atoms with E-state index in [4.69, 9.17) is 17.2 Å². The second-order valence-electron chi connectivity index (χ2n) is 19.2. The molecular weight excluding hydrogens is 1050 g/mol. The van der Waals surface area contributed by atoms with E-state index in [1.54, 1.807) is 6.20 Å². The van der Waals surface area contributed by atoms with Gasteiger partial charge in [-0.3, -0.25) is 39.6 Å². The molecule has 30 heteroatoms. The molecule has 80 heavy (non-hydrogen) atoms. The second-order valence-corrected chi connectivity index (χ2v) is 19.2. The number of aliphatic hydroxyl groups excluding tert-OH is 2. The van der Waals surface area contributed by atoms with E-state index in [-0.39, 0.29) is 70.1 Å². The number of carbonyl (C=O) groups is 10. The zero-order valence-corrected chi connectivity index (χ0v) is 45.7. The molecule has 14 amide bonds. The summed E-state index contributed by atoms with van der Waals surface area (Å²) >= 11 is 0. The van der Waals surface area contributed by atoms with E-state index in [9.17, 15) is 63.3 Å². The number of hydrogen-bond acceptors (Lipinski definition) is 15. The molecule has 1 aromatic heterocycles. The summed E-state index contributed by atoms with van der Waals surface area (Å²) in [6.07, 6.45) is 2.24. The number of phenolic OH excluding ortho intramolecular Hbond substituents is 1. The number of hydrazine groups is 4. The topological polar surface area (TPSA) is 446 Å². The van der Waals surface area contributed by atoms with Gasteiger partial charge in [0.25, 0.3) is 5.91 Å². The zero-order chi connectivity index (χ0) is 59.5. The van der Waals surface area contributed by atoms with E-state index >= 15 is 0 Å². The number of aromatic nitrogens is 1. The number of nitrogens with one attached hydrogen (secondary N) is 10. The average molecular weight is 1130 g/mol. The molecule has 3 aromatic rings. The van der Waals surface area contributed by atoms with Crippen LogP contribution in [0.1, 0.15) is 84.3 Å². The largest absolute Gasteiger partial charge is 0.508 e. The maximum absolute atomic E-state index is 14.6. The third kappa shape index (κ3) is 22.8. The van der Waals surface area contributed by atoms with E-state index in [1.165, 1.54) is 38.1 Å². The summed E-state index contributed by atoms with van der Waals surface area (Å²) in [6, 6.07) is 2.86. The van der Waals surface area contributed by atoms with Crippen molar-refractivity contribution in [2.24, 2.45) is 23.1 Å². The maximum atomic E-state index is 14.6. The second kappa shape index (κ2) is 33.7. The van der Waals surface area contributed by atoms with Crippen LogP contribution in [0.2, 0.25) is 0 Å². The minimum absolute atomic E-state index is 0.000296. The van der Waals surface area contributed by atoms with Crippen molar-refractivity contribution in [1.82, 2.24) is 73.3 Å². The lowest BCUT2D eigenvalue weighted by atomic mass is 10.0. The quantitative estimate of drug-likeness (QED) is 0.0282. The standard InChI is InChI=1S/C50H79N17O13/c1-30(2)24-40(44(74)55-26-42(53)72)57-43(73)32(4)56-45(75)39(14-8-9-20-51)58-47(77)65(23-19-35-25-54-38-13-7-6-12-37(35)38)63-50(80)67(28-34-15-17-36(71)18-16-34)61-46(76)41(29-68)59-48(78)64(22-11-10-21-52)62-49(79)66(27-31(3)69)60-33(5)70/h6-7,12-13,15-18,25,30-32,39-41,54,68-69,71H,8-11,14,19-24,26-29,51-52H2,1-5H3,(H2,53,72)(H,55,74)(H,56,75)(H,57,73)(H,58,77)(H,59,78)(H,60,70)(H,61,76)(H,62,79)(H,63,80)/t31-,32-,39-,40-,41-/m0/s1. The van der Waals surface area contributed by atoms with Gasteiger partial charge in [-0.15, -0.1) is 0 Å². The van der Waals surface area contributed by atoms with Crippen molar-refractivity contribution >= 4 is 70.5 Å². The average Bonchev–Trinajstić information content (AvgIpc) is 3.87. The van der Waals surface area contributed by atoms with Crippen LogP contribution >= 0.6 is 0 Å². The summed E-state index contributed by atoms with van der Waals surface area (Å²) in [5.41, 5.74) is 27.8. The molecule has 30 nitrogen and oxygen atoms in total. The van der Waals surface area contributed by atoms with Gasteiger partial charge in [-0.2, -0.15) is 0 Å². The molecule has 0 saturated heterocycles. The lowest BCUT2D eigenvalue weighted by Gasteiger charge is -2.32. The molecule has 442 valence electrons. The Bertz CT molecular complexity index is 2550. The number of H-pyrrole nitrogens is 1. The monoisotopic (exact) mass is 1130 g/mol. The first-order valence-corrected chi connectivity index (χ1v) is 26.0. The lowest BCUT2D eigenvalue weighted by Crippen LogP contribution is -2.63.